The summed E-state index contributed by atoms with van der Waals surface area (Å²) in [5, 5.41) is 6.92. The summed E-state index contributed by atoms with van der Waals surface area (Å²) >= 11 is 5.94. The largest absolute Gasteiger partial charge is 0.381 e. The molecular formula is C23H29ClN6O2. The van der Waals surface area contributed by atoms with Crippen molar-refractivity contribution in [3.63, 3.8) is 0 Å². The number of nitrogens with zero attached hydrogens (tertiary/aromatic N) is 2. The number of aryl methyl sites for hydroxylation is 1. The second kappa shape index (κ2) is 11.6. The first-order valence-corrected chi connectivity index (χ1v) is 10.9. The van der Waals surface area contributed by atoms with Gasteiger partial charge in [0.15, 0.2) is 0 Å². The van der Waals surface area contributed by atoms with E-state index in [0.29, 0.717) is 23.3 Å². The minimum absolute atomic E-state index is 0.187. The molecule has 0 unspecified atom stereocenters. The van der Waals surface area contributed by atoms with E-state index in [2.05, 4.69) is 31.3 Å². The highest BCUT2D eigenvalue weighted by Gasteiger charge is 2.16. The molecule has 8 nitrogen and oxygen atoms in total. The number of nitrogens with one attached hydrogen (secondary N) is 3. The Kier molecular flexibility index (Phi) is 8.61. The number of H-pyrrole nitrogens is 1. The lowest BCUT2D eigenvalue weighted by Crippen LogP contribution is -2.28. The van der Waals surface area contributed by atoms with Crippen LogP contribution in [0.25, 0.3) is 11.1 Å². The molecule has 0 bridgehead atoms. The van der Waals surface area contributed by atoms with E-state index in [1.54, 1.807) is 18.5 Å². The van der Waals surface area contributed by atoms with Gasteiger partial charge in [-0.3, -0.25) is 9.78 Å². The van der Waals surface area contributed by atoms with Crippen LogP contribution in [0.15, 0.2) is 43.0 Å². The molecule has 0 aliphatic carbocycles. The minimum atomic E-state index is -0.187. The van der Waals surface area contributed by atoms with Gasteiger partial charge in [-0.15, -0.1) is 0 Å². The third-order valence-corrected chi connectivity index (χ3v) is 5.34. The van der Waals surface area contributed by atoms with Crippen LogP contribution < -0.4 is 16.4 Å². The molecule has 170 valence electrons. The zero-order chi connectivity index (χ0) is 22.9. The van der Waals surface area contributed by atoms with Crippen LogP contribution in [0.1, 0.15) is 34.5 Å². The first kappa shape index (κ1) is 23.7. The van der Waals surface area contributed by atoms with Crippen LogP contribution in [-0.4, -0.2) is 47.2 Å². The predicted octanol–water partition coefficient (Wildman–Crippen LogP) is 3.53. The predicted molar refractivity (Wildman–Crippen MR) is 127 cm³/mol. The number of hydrogen-bond donors (Lipinski definition) is 4. The molecule has 0 saturated carbocycles. The van der Waals surface area contributed by atoms with E-state index >= 15 is 0 Å². The summed E-state index contributed by atoms with van der Waals surface area (Å²) in [6.07, 6.45) is 8.89. The van der Waals surface area contributed by atoms with Crippen LogP contribution in [0.2, 0.25) is 5.02 Å². The maximum atomic E-state index is 12.5. The zero-order valence-corrected chi connectivity index (χ0v) is 19.1. The maximum Gasteiger partial charge on any atom is 0.267 e. The minimum Gasteiger partial charge on any atom is -0.381 e. The quantitative estimate of drug-likeness (QED) is 0.450. The monoisotopic (exact) mass is 456 g/mol. The average molecular weight is 457 g/mol. The molecule has 3 aromatic rings. The van der Waals surface area contributed by atoms with Gasteiger partial charge < -0.3 is 26.1 Å². The number of pyridine rings is 2. The van der Waals surface area contributed by atoms with E-state index in [0.717, 1.165) is 54.1 Å². The molecule has 3 aromatic heterocycles. The number of nitrogens with two attached hydrogens (primary N) is 1. The first-order valence-electron chi connectivity index (χ1n) is 10.5. The van der Waals surface area contributed by atoms with Crippen molar-refractivity contribution in [1.82, 2.24) is 20.3 Å². The fraction of sp³-hybridized carbons (Fsp3) is 0.348. The Morgan fingerprint density at radius 1 is 1.22 bits per heavy atom. The van der Waals surface area contributed by atoms with Crippen molar-refractivity contribution in [3.05, 3.63) is 64.8 Å². The second-order valence-electron chi connectivity index (χ2n) is 7.41. The fourth-order valence-electron chi connectivity index (χ4n) is 3.48. The molecule has 32 heavy (non-hydrogen) atoms. The molecule has 0 radical (unpaired) electrons. The SMILES string of the molecule is CN.Cc1cnc(NC2CCOCC2)cc1-c1c[nH]c(C(=O)NCc2cncc(Cl)c2)c1. The van der Waals surface area contributed by atoms with E-state index in [9.17, 15) is 4.79 Å². The van der Waals surface area contributed by atoms with Gasteiger partial charge in [-0.05, 0) is 61.7 Å². The molecule has 1 aliphatic heterocycles. The standard InChI is InChI=1S/C22H24ClN5O2.CH5N/c1-14-9-26-21(28-18-2-4-30-5-3-18)8-19(14)16-7-20(25-12-16)22(29)27-11-15-6-17(23)13-24-10-15;1-2/h6-10,12-13,18,25H,2-5,11H2,1H3,(H,26,28)(H,27,29);2H2,1H3. The van der Waals surface area contributed by atoms with E-state index in [4.69, 9.17) is 16.3 Å². The highest BCUT2D eigenvalue weighted by Crippen LogP contribution is 2.27. The topological polar surface area (TPSA) is 118 Å². The Labute approximate surface area is 192 Å². The van der Waals surface area contributed by atoms with Crippen molar-refractivity contribution < 1.29 is 9.53 Å². The molecule has 1 aliphatic rings. The first-order chi connectivity index (χ1) is 15.6. The maximum absolute atomic E-state index is 12.5. The van der Waals surface area contributed by atoms with Gasteiger partial charge in [0.1, 0.15) is 11.5 Å². The number of halogens is 1. The van der Waals surface area contributed by atoms with Crippen molar-refractivity contribution in [3.8, 4) is 11.1 Å². The molecule has 1 amide bonds. The zero-order valence-electron chi connectivity index (χ0n) is 18.3. The van der Waals surface area contributed by atoms with E-state index in [-0.39, 0.29) is 5.91 Å². The van der Waals surface area contributed by atoms with Crippen molar-refractivity contribution in [2.45, 2.75) is 32.4 Å². The number of carbonyl (C=O) groups excluding carboxylic acids is 1. The smallest absolute Gasteiger partial charge is 0.267 e. The molecule has 1 saturated heterocycles. The molecule has 0 spiro atoms. The molecule has 1 fully saturated rings. The van der Waals surface area contributed by atoms with Crippen LogP contribution in [0.5, 0.6) is 0 Å². The van der Waals surface area contributed by atoms with Gasteiger partial charge in [0.2, 0.25) is 0 Å². The number of aromatic nitrogens is 3. The highest BCUT2D eigenvalue weighted by molar-refractivity contribution is 6.30. The van der Waals surface area contributed by atoms with Crippen LogP contribution in [0.4, 0.5) is 5.82 Å². The second-order valence-corrected chi connectivity index (χ2v) is 7.85. The van der Waals surface area contributed by atoms with Gasteiger partial charge in [0.25, 0.3) is 5.91 Å². The summed E-state index contributed by atoms with van der Waals surface area (Å²) in [5.74, 6) is 0.650. The molecule has 0 atom stereocenters. The summed E-state index contributed by atoms with van der Waals surface area (Å²) in [4.78, 5) is 24.1. The Hall–Kier alpha value is -2.94. The van der Waals surface area contributed by atoms with Crippen LogP contribution >= 0.6 is 11.6 Å². The van der Waals surface area contributed by atoms with Crippen molar-refractivity contribution in [2.75, 3.05) is 25.6 Å². The summed E-state index contributed by atoms with van der Waals surface area (Å²) in [5.41, 5.74) is 8.86. The van der Waals surface area contributed by atoms with Crippen molar-refractivity contribution in [2.24, 2.45) is 5.73 Å². The lowest BCUT2D eigenvalue weighted by Gasteiger charge is -2.24. The average Bonchev–Trinajstić information content (AvgIpc) is 3.31. The third-order valence-electron chi connectivity index (χ3n) is 5.13. The number of rotatable bonds is 6. The molecule has 9 heteroatoms. The number of ether oxygens (including phenoxy) is 1. The molecule has 5 N–H and O–H groups in total. The van der Waals surface area contributed by atoms with Gasteiger partial charge in [-0.2, -0.15) is 0 Å². The lowest BCUT2D eigenvalue weighted by atomic mass is 10.0. The molecule has 0 aromatic carbocycles. The highest BCUT2D eigenvalue weighted by atomic mass is 35.5. The van der Waals surface area contributed by atoms with Gasteiger partial charge in [0, 0.05) is 56.2 Å². The number of amides is 1. The van der Waals surface area contributed by atoms with Gasteiger partial charge >= 0.3 is 0 Å². The lowest BCUT2D eigenvalue weighted by molar-refractivity contribution is 0.0903. The Morgan fingerprint density at radius 3 is 2.75 bits per heavy atom. The summed E-state index contributed by atoms with van der Waals surface area (Å²) in [7, 11) is 1.50. The summed E-state index contributed by atoms with van der Waals surface area (Å²) < 4.78 is 5.42. The van der Waals surface area contributed by atoms with Gasteiger partial charge in [0.05, 0.1) is 5.02 Å². The normalized spacial score (nSPS) is 13.8. The fourth-order valence-corrected chi connectivity index (χ4v) is 3.67. The van der Waals surface area contributed by atoms with E-state index < -0.39 is 0 Å². The Balaban J connectivity index is 0.00000141. The molecule has 4 heterocycles. The third kappa shape index (κ3) is 6.29. The number of carbonyl (C=O) groups is 1. The Morgan fingerprint density at radius 2 is 2.00 bits per heavy atom. The number of anilines is 1. The molecule has 4 rings (SSSR count). The van der Waals surface area contributed by atoms with Crippen LogP contribution in [0.3, 0.4) is 0 Å². The van der Waals surface area contributed by atoms with Crippen molar-refractivity contribution >= 4 is 23.3 Å². The van der Waals surface area contributed by atoms with Crippen LogP contribution in [0, 0.1) is 6.92 Å². The van der Waals surface area contributed by atoms with E-state index in [1.165, 1.54) is 7.05 Å². The molecular weight excluding hydrogens is 428 g/mol. The summed E-state index contributed by atoms with van der Waals surface area (Å²) in [6.45, 7) is 3.92. The van der Waals surface area contributed by atoms with Crippen LogP contribution in [-0.2, 0) is 11.3 Å². The number of hydrogen-bond acceptors (Lipinski definition) is 6. The number of aromatic amines is 1. The van der Waals surface area contributed by atoms with Crippen molar-refractivity contribution in [1.29, 1.82) is 0 Å². The summed E-state index contributed by atoms with van der Waals surface area (Å²) in [6, 6.07) is 6.04. The van der Waals surface area contributed by atoms with E-state index in [1.807, 2.05) is 31.5 Å². The Bertz CT molecular complexity index is 1030. The van der Waals surface area contributed by atoms with Gasteiger partial charge in [-0.25, -0.2) is 4.98 Å². The van der Waals surface area contributed by atoms with Gasteiger partial charge in [-0.1, -0.05) is 11.6 Å².